The number of carboxylic acids is 1. The van der Waals surface area contributed by atoms with Gasteiger partial charge in [0.25, 0.3) is 0 Å². The number of aryl methyl sites for hydroxylation is 1. The SMILES string of the molecule is Cc1cccc(C(=O)O)c1N(C)CC1CCOCC1. The van der Waals surface area contributed by atoms with Gasteiger partial charge in [0.2, 0.25) is 0 Å². The highest BCUT2D eigenvalue weighted by atomic mass is 16.5. The molecule has 4 nitrogen and oxygen atoms in total. The van der Waals surface area contributed by atoms with Gasteiger partial charge in [-0.3, -0.25) is 0 Å². The van der Waals surface area contributed by atoms with Crippen LogP contribution in [0.5, 0.6) is 0 Å². The fourth-order valence-electron chi connectivity index (χ4n) is 2.75. The summed E-state index contributed by atoms with van der Waals surface area (Å²) >= 11 is 0. The quantitative estimate of drug-likeness (QED) is 0.907. The van der Waals surface area contributed by atoms with Crippen molar-refractivity contribution < 1.29 is 14.6 Å². The van der Waals surface area contributed by atoms with Crippen LogP contribution in [0.25, 0.3) is 0 Å². The highest BCUT2D eigenvalue weighted by Crippen LogP contribution is 2.26. The molecule has 1 saturated heterocycles. The number of benzene rings is 1. The molecule has 0 unspecified atom stereocenters. The minimum atomic E-state index is -0.863. The summed E-state index contributed by atoms with van der Waals surface area (Å²) in [5, 5.41) is 9.30. The Bertz CT molecular complexity index is 453. The molecule has 1 aliphatic heterocycles. The van der Waals surface area contributed by atoms with E-state index >= 15 is 0 Å². The van der Waals surface area contributed by atoms with Gasteiger partial charge in [-0.05, 0) is 37.3 Å². The standard InChI is InChI=1S/C15H21NO3/c1-11-4-3-5-13(15(17)18)14(11)16(2)10-12-6-8-19-9-7-12/h3-5,12H,6-10H2,1-2H3,(H,17,18). The number of hydrogen-bond donors (Lipinski definition) is 1. The molecule has 1 fully saturated rings. The highest BCUT2D eigenvalue weighted by molar-refractivity contribution is 5.95. The zero-order chi connectivity index (χ0) is 13.8. The minimum absolute atomic E-state index is 0.384. The Kier molecular flexibility index (Phi) is 4.43. The molecule has 2 rings (SSSR count). The van der Waals surface area contributed by atoms with Crippen LogP contribution < -0.4 is 4.90 Å². The predicted molar refractivity (Wildman–Crippen MR) is 75.0 cm³/mol. The van der Waals surface area contributed by atoms with Gasteiger partial charge in [-0.2, -0.15) is 0 Å². The number of carboxylic acid groups (broad SMARTS) is 1. The van der Waals surface area contributed by atoms with E-state index < -0.39 is 5.97 Å². The third kappa shape index (κ3) is 3.26. The lowest BCUT2D eigenvalue weighted by Gasteiger charge is -2.30. The van der Waals surface area contributed by atoms with E-state index in [-0.39, 0.29) is 0 Å². The van der Waals surface area contributed by atoms with Crippen molar-refractivity contribution in [2.24, 2.45) is 5.92 Å². The van der Waals surface area contributed by atoms with Gasteiger partial charge in [0.05, 0.1) is 11.3 Å². The summed E-state index contributed by atoms with van der Waals surface area (Å²) in [6.07, 6.45) is 2.11. The molecule has 104 valence electrons. The average Bonchev–Trinajstić information content (AvgIpc) is 2.39. The van der Waals surface area contributed by atoms with E-state index in [1.54, 1.807) is 12.1 Å². The van der Waals surface area contributed by atoms with Crippen molar-refractivity contribution in [2.45, 2.75) is 19.8 Å². The van der Waals surface area contributed by atoms with Crippen molar-refractivity contribution in [1.82, 2.24) is 0 Å². The third-order valence-corrected chi connectivity index (χ3v) is 3.72. The molecule has 0 radical (unpaired) electrons. The molecule has 0 atom stereocenters. The maximum atomic E-state index is 11.3. The van der Waals surface area contributed by atoms with Crippen molar-refractivity contribution in [1.29, 1.82) is 0 Å². The van der Waals surface area contributed by atoms with Crippen LogP contribution in [-0.4, -0.2) is 37.9 Å². The van der Waals surface area contributed by atoms with Crippen LogP contribution in [0.4, 0.5) is 5.69 Å². The molecule has 1 aliphatic rings. The Morgan fingerprint density at radius 2 is 2.11 bits per heavy atom. The molecule has 0 aromatic heterocycles. The van der Waals surface area contributed by atoms with Gasteiger partial charge in [0.1, 0.15) is 0 Å². The fraction of sp³-hybridized carbons (Fsp3) is 0.533. The Labute approximate surface area is 114 Å². The number of nitrogens with zero attached hydrogens (tertiary/aromatic N) is 1. The van der Waals surface area contributed by atoms with Crippen molar-refractivity contribution in [3.05, 3.63) is 29.3 Å². The summed E-state index contributed by atoms with van der Waals surface area (Å²) in [6.45, 7) is 4.48. The van der Waals surface area contributed by atoms with Crippen LogP contribution >= 0.6 is 0 Å². The minimum Gasteiger partial charge on any atom is -0.478 e. The van der Waals surface area contributed by atoms with Crippen LogP contribution in [0.15, 0.2) is 18.2 Å². The number of hydrogen-bond acceptors (Lipinski definition) is 3. The molecule has 1 N–H and O–H groups in total. The van der Waals surface area contributed by atoms with E-state index in [1.807, 2.05) is 20.0 Å². The summed E-state index contributed by atoms with van der Waals surface area (Å²) in [6, 6.07) is 5.43. The first-order chi connectivity index (χ1) is 9.09. The summed E-state index contributed by atoms with van der Waals surface area (Å²) < 4.78 is 5.36. The van der Waals surface area contributed by atoms with Gasteiger partial charge >= 0.3 is 5.97 Å². The second-order valence-electron chi connectivity index (χ2n) is 5.21. The van der Waals surface area contributed by atoms with E-state index in [4.69, 9.17) is 4.74 Å². The van der Waals surface area contributed by atoms with Gasteiger partial charge in [0, 0.05) is 26.8 Å². The molecule has 19 heavy (non-hydrogen) atoms. The smallest absolute Gasteiger partial charge is 0.337 e. The largest absolute Gasteiger partial charge is 0.478 e. The second kappa shape index (κ2) is 6.06. The molecule has 1 aromatic carbocycles. The lowest BCUT2D eigenvalue weighted by atomic mass is 9.98. The second-order valence-corrected chi connectivity index (χ2v) is 5.21. The van der Waals surface area contributed by atoms with E-state index in [2.05, 4.69) is 4.90 Å². The Morgan fingerprint density at radius 1 is 1.42 bits per heavy atom. The number of rotatable bonds is 4. The third-order valence-electron chi connectivity index (χ3n) is 3.72. The number of carbonyl (C=O) groups is 1. The van der Waals surface area contributed by atoms with Crippen LogP contribution in [0, 0.1) is 12.8 Å². The topological polar surface area (TPSA) is 49.8 Å². The number of anilines is 1. The summed E-state index contributed by atoms with van der Waals surface area (Å²) in [5.41, 5.74) is 2.23. The fourth-order valence-corrected chi connectivity index (χ4v) is 2.75. The van der Waals surface area contributed by atoms with Crippen molar-refractivity contribution in [2.75, 3.05) is 31.7 Å². The molecule has 0 spiro atoms. The molecule has 0 bridgehead atoms. The van der Waals surface area contributed by atoms with E-state index in [1.165, 1.54) is 0 Å². The Balaban J connectivity index is 2.17. The molecular formula is C15H21NO3. The van der Waals surface area contributed by atoms with E-state index in [0.29, 0.717) is 11.5 Å². The van der Waals surface area contributed by atoms with Gasteiger partial charge in [0.15, 0.2) is 0 Å². The normalized spacial score (nSPS) is 16.3. The summed E-state index contributed by atoms with van der Waals surface area (Å²) in [5.74, 6) is -0.280. The van der Waals surface area contributed by atoms with Crippen LogP contribution in [0.2, 0.25) is 0 Å². The van der Waals surface area contributed by atoms with Crippen LogP contribution in [0.1, 0.15) is 28.8 Å². The maximum Gasteiger partial charge on any atom is 0.337 e. The zero-order valence-electron chi connectivity index (χ0n) is 11.6. The molecule has 4 heteroatoms. The molecule has 1 heterocycles. The van der Waals surface area contributed by atoms with Crippen molar-refractivity contribution in [3.8, 4) is 0 Å². The molecular weight excluding hydrogens is 242 g/mol. The number of aromatic carboxylic acids is 1. The molecule has 0 aliphatic carbocycles. The summed E-state index contributed by atoms with van der Waals surface area (Å²) in [7, 11) is 1.98. The summed E-state index contributed by atoms with van der Waals surface area (Å²) in [4.78, 5) is 13.4. The maximum absolute atomic E-state index is 11.3. The predicted octanol–water partition coefficient (Wildman–Crippen LogP) is 2.56. The number of ether oxygens (including phenoxy) is 1. The van der Waals surface area contributed by atoms with Crippen LogP contribution in [-0.2, 0) is 4.74 Å². The average molecular weight is 263 g/mol. The molecule has 1 aromatic rings. The first kappa shape index (κ1) is 13.9. The number of para-hydroxylation sites is 1. The lowest BCUT2D eigenvalue weighted by molar-refractivity contribution is 0.0678. The van der Waals surface area contributed by atoms with Crippen LogP contribution in [0.3, 0.4) is 0 Å². The first-order valence-electron chi connectivity index (χ1n) is 6.71. The van der Waals surface area contributed by atoms with Crippen molar-refractivity contribution in [3.63, 3.8) is 0 Å². The van der Waals surface area contributed by atoms with E-state index in [0.717, 1.165) is 43.9 Å². The molecule has 0 amide bonds. The van der Waals surface area contributed by atoms with Gasteiger partial charge in [-0.25, -0.2) is 4.79 Å². The van der Waals surface area contributed by atoms with Gasteiger partial charge in [-0.15, -0.1) is 0 Å². The monoisotopic (exact) mass is 263 g/mol. The van der Waals surface area contributed by atoms with Gasteiger partial charge in [-0.1, -0.05) is 12.1 Å². The van der Waals surface area contributed by atoms with Crippen molar-refractivity contribution >= 4 is 11.7 Å². The Hall–Kier alpha value is -1.55. The first-order valence-corrected chi connectivity index (χ1v) is 6.71. The van der Waals surface area contributed by atoms with Gasteiger partial charge < -0.3 is 14.7 Å². The highest BCUT2D eigenvalue weighted by Gasteiger charge is 2.20. The zero-order valence-corrected chi connectivity index (χ0v) is 11.6. The lowest BCUT2D eigenvalue weighted by Crippen LogP contribution is -2.31. The molecule has 0 saturated carbocycles. The Morgan fingerprint density at radius 3 is 2.74 bits per heavy atom. The van der Waals surface area contributed by atoms with E-state index in [9.17, 15) is 9.90 Å².